The molecule has 18 heavy (non-hydrogen) atoms. The van der Waals surface area contributed by atoms with Gasteiger partial charge in [-0.05, 0) is 23.8 Å². The molecule has 1 amide bonds. The number of rotatable bonds is 4. The van der Waals surface area contributed by atoms with E-state index in [0.29, 0.717) is 12.3 Å². The Morgan fingerprint density at radius 2 is 1.83 bits per heavy atom. The van der Waals surface area contributed by atoms with Crippen LogP contribution in [0.5, 0.6) is 0 Å². The molecule has 2 aromatic rings. The summed E-state index contributed by atoms with van der Waals surface area (Å²) < 4.78 is 0. The summed E-state index contributed by atoms with van der Waals surface area (Å²) in [5, 5.41) is 5.25. The van der Waals surface area contributed by atoms with E-state index >= 15 is 0 Å². The number of fused-ring (bicyclic) bond motifs is 1. The number of nitrogens with one attached hydrogen (secondary N) is 1. The number of benzene rings is 2. The Hall–Kier alpha value is -1.83. The maximum absolute atomic E-state index is 11.8. The van der Waals surface area contributed by atoms with Gasteiger partial charge >= 0.3 is 0 Å². The van der Waals surface area contributed by atoms with E-state index in [2.05, 4.69) is 31.3 Å². The Morgan fingerprint density at radius 1 is 1.11 bits per heavy atom. The molecule has 0 aliphatic carbocycles. The molecule has 0 spiro atoms. The lowest BCUT2D eigenvalue weighted by Crippen LogP contribution is -2.12. The lowest BCUT2D eigenvalue weighted by Gasteiger charge is -2.09. The van der Waals surface area contributed by atoms with Crippen molar-refractivity contribution in [3.63, 3.8) is 0 Å². The highest BCUT2D eigenvalue weighted by atomic mass is 16.1. The molecule has 0 fully saturated rings. The summed E-state index contributed by atoms with van der Waals surface area (Å²) in [6.07, 6.45) is 1.51. The second-order valence-corrected chi connectivity index (χ2v) is 5.01. The van der Waals surface area contributed by atoms with Gasteiger partial charge < -0.3 is 5.32 Å². The van der Waals surface area contributed by atoms with Gasteiger partial charge in [0.15, 0.2) is 0 Å². The Balaban J connectivity index is 2.14. The van der Waals surface area contributed by atoms with Gasteiger partial charge in [-0.2, -0.15) is 0 Å². The molecular formula is C16H19NO. The van der Waals surface area contributed by atoms with Crippen LogP contribution >= 0.6 is 0 Å². The van der Waals surface area contributed by atoms with Crippen LogP contribution in [0, 0.1) is 5.92 Å². The Morgan fingerprint density at radius 3 is 2.61 bits per heavy atom. The van der Waals surface area contributed by atoms with Crippen molar-refractivity contribution in [2.24, 2.45) is 5.92 Å². The number of carbonyl (C=O) groups is 1. The van der Waals surface area contributed by atoms with Gasteiger partial charge in [0.1, 0.15) is 0 Å². The van der Waals surface area contributed by atoms with Crippen molar-refractivity contribution in [3.05, 3.63) is 42.5 Å². The predicted molar refractivity (Wildman–Crippen MR) is 76.6 cm³/mol. The molecule has 2 nitrogen and oxygen atoms in total. The normalized spacial score (nSPS) is 10.8. The van der Waals surface area contributed by atoms with E-state index in [9.17, 15) is 4.79 Å². The van der Waals surface area contributed by atoms with Gasteiger partial charge in [0, 0.05) is 17.5 Å². The highest BCUT2D eigenvalue weighted by molar-refractivity contribution is 6.02. The molecule has 0 saturated carbocycles. The summed E-state index contributed by atoms with van der Waals surface area (Å²) in [5.41, 5.74) is 0.904. The standard InChI is InChI=1S/C16H19NO/c1-12(2)10-11-16(18)17-15-9-5-7-13-6-3-4-8-14(13)15/h3-9,12H,10-11H2,1-2H3,(H,17,18). The molecule has 0 bridgehead atoms. The Bertz CT molecular complexity index is 540. The van der Waals surface area contributed by atoms with Crippen molar-refractivity contribution in [2.45, 2.75) is 26.7 Å². The van der Waals surface area contributed by atoms with Crippen molar-refractivity contribution in [2.75, 3.05) is 5.32 Å². The zero-order chi connectivity index (χ0) is 13.0. The number of hydrogen-bond acceptors (Lipinski definition) is 1. The minimum absolute atomic E-state index is 0.0973. The minimum atomic E-state index is 0.0973. The molecule has 2 rings (SSSR count). The first-order chi connectivity index (χ1) is 8.66. The van der Waals surface area contributed by atoms with E-state index in [0.717, 1.165) is 22.9 Å². The SMILES string of the molecule is CC(C)CCC(=O)Nc1cccc2ccccc12. The Kier molecular flexibility index (Phi) is 3.98. The van der Waals surface area contributed by atoms with Crippen LogP contribution in [0.15, 0.2) is 42.5 Å². The highest BCUT2D eigenvalue weighted by Crippen LogP contribution is 2.23. The number of anilines is 1. The maximum Gasteiger partial charge on any atom is 0.224 e. The van der Waals surface area contributed by atoms with E-state index in [1.165, 1.54) is 0 Å². The molecule has 2 heteroatoms. The van der Waals surface area contributed by atoms with Crippen LogP contribution in [-0.2, 0) is 4.79 Å². The number of carbonyl (C=O) groups excluding carboxylic acids is 1. The van der Waals surface area contributed by atoms with Crippen LogP contribution < -0.4 is 5.32 Å². The van der Waals surface area contributed by atoms with Crippen molar-refractivity contribution < 1.29 is 4.79 Å². The van der Waals surface area contributed by atoms with Gasteiger partial charge in [-0.3, -0.25) is 4.79 Å². The molecule has 0 aromatic heterocycles. The van der Waals surface area contributed by atoms with Crippen LogP contribution in [0.25, 0.3) is 10.8 Å². The van der Waals surface area contributed by atoms with Crippen molar-refractivity contribution in [3.8, 4) is 0 Å². The van der Waals surface area contributed by atoms with E-state index in [4.69, 9.17) is 0 Å². The first-order valence-electron chi connectivity index (χ1n) is 6.44. The Labute approximate surface area is 108 Å². The molecule has 0 unspecified atom stereocenters. The summed E-state index contributed by atoms with van der Waals surface area (Å²) >= 11 is 0. The lowest BCUT2D eigenvalue weighted by atomic mass is 10.1. The molecule has 1 N–H and O–H groups in total. The monoisotopic (exact) mass is 241 g/mol. The molecule has 0 heterocycles. The predicted octanol–water partition coefficient (Wildman–Crippen LogP) is 4.21. The van der Waals surface area contributed by atoms with Crippen LogP contribution in [0.2, 0.25) is 0 Å². The van der Waals surface area contributed by atoms with Gasteiger partial charge in [0.2, 0.25) is 5.91 Å². The maximum atomic E-state index is 11.8. The van der Waals surface area contributed by atoms with Crippen LogP contribution in [0.3, 0.4) is 0 Å². The van der Waals surface area contributed by atoms with Crippen LogP contribution in [0.4, 0.5) is 5.69 Å². The van der Waals surface area contributed by atoms with Gasteiger partial charge in [0.25, 0.3) is 0 Å². The van der Waals surface area contributed by atoms with E-state index in [1.807, 2.05) is 30.3 Å². The largest absolute Gasteiger partial charge is 0.326 e. The van der Waals surface area contributed by atoms with Gasteiger partial charge in [0.05, 0.1) is 0 Å². The summed E-state index contributed by atoms with van der Waals surface area (Å²) in [4.78, 5) is 11.8. The fourth-order valence-electron chi connectivity index (χ4n) is 1.97. The molecule has 0 aliphatic rings. The third kappa shape index (κ3) is 3.10. The molecule has 94 valence electrons. The fraction of sp³-hybridized carbons (Fsp3) is 0.312. The van der Waals surface area contributed by atoms with Gasteiger partial charge in [-0.1, -0.05) is 50.2 Å². The zero-order valence-electron chi connectivity index (χ0n) is 10.9. The van der Waals surface area contributed by atoms with Crippen LogP contribution in [-0.4, -0.2) is 5.91 Å². The summed E-state index contributed by atoms with van der Waals surface area (Å²) in [6, 6.07) is 14.1. The molecule has 2 aromatic carbocycles. The highest BCUT2D eigenvalue weighted by Gasteiger charge is 2.06. The van der Waals surface area contributed by atoms with Crippen molar-refractivity contribution in [1.29, 1.82) is 0 Å². The average Bonchev–Trinajstić information content (AvgIpc) is 2.37. The number of amides is 1. The molecule has 0 saturated heterocycles. The molecule has 0 aliphatic heterocycles. The van der Waals surface area contributed by atoms with Crippen LogP contribution in [0.1, 0.15) is 26.7 Å². The zero-order valence-corrected chi connectivity index (χ0v) is 10.9. The molecular weight excluding hydrogens is 222 g/mol. The van der Waals surface area contributed by atoms with E-state index < -0.39 is 0 Å². The number of hydrogen-bond donors (Lipinski definition) is 1. The lowest BCUT2D eigenvalue weighted by molar-refractivity contribution is -0.116. The third-order valence-corrected chi connectivity index (χ3v) is 3.01. The average molecular weight is 241 g/mol. The topological polar surface area (TPSA) is 29.1 Å². The quantitative estimate of drug-likeness (QED) is 0.853. The van der Waals surface area contributed by atoms with Crippen molar-refractivity contribution >= 4 is 22.4 Å². The first-order valence-corrected chi connectivity index (χ1v) is 6.44. The summed E-state index contributed by atoms with van der Waals surface area (Å²) in [6.45, 7) is 4.26. The molecule has 0 radical (unpaired) electrons. The third-order valence-electron chi connectivity index (χ3n) is 3.01. The van der Waals surface area contributed by atoms with E-state index in [-0.39, 0.29) is 5.91 Å². The smallest absolute Gasteiger partial charge is 0.224 e. The van der Waals surface area contributed by atoms with Crippen molar-refractivity contribution in [1.82, 2.24) is 0 Å². The van der Waals surface area contributed by atoms with Gasteiger partial charge in [-0.15, -0.1) is 0 Å². The van der Waals surface area contributed by atoms with Gasteiger partial charge in [-0.25, -0.2) is 0 Å². The first kappa shape index (κ1) is 12.6. The minimum Gasteiger partial charge on any atom is -0.326 e. The fourth-order valence-corrected chi connectivity index (χ4v) is 1.97. The summed E-state index contributed by atoms with van der Waals surface area (Å²) in [7, 11) is 0. The summed E-state index contributed by atoms with van der Waals surface area (Å²) in [5.74, 6) is 0.656. The second-order valence-electron chi connectivity index (χ2n) is 5.01. The molecule has 0 atom stereocenters. The van der Waals surface area contributed by atoms with E-state index in [1.54, 1.807) is 0 Å². The second kappa shape index (κ2) is 5.67.